The minimum absolute atomic E-state index is 0.777. The topological polar surface area (TPSA) is 12.5 Å². The fraction of sp³-hybridized carbons (Fsp3) is 1.00. The Balaban J connectivity index is 1.82. The molecule has 2 fully saturated rings. The molecule has 0 radical (unpaired) electrons. The van der Waals surface area contributed by atoms with Gasteiger partial charge in [-0.1, -0.05) is 0 Å². The van der Waals surface area contributed by atoms with Crippen molar-refractivity contribution in [3.8, 4) is 0 Å². The highest BCUT2D eigenvalue weighted by Gasteiger charge is 2.26. The molecule has 0 spiro atoms. The van der Waals surface area contributed by atoms with Crippen molar-refractivity contribution < 1.29 is 4.74 Å². The summed E-state index contributed by atoms with van der Waals surface area (Å²) < 4.78 is 5.27. The van der Waals surface area contributed by atoms with E-state index < -0.39 is 0 Å². The molecule has 0 bridgehead atoms. The van der Waals surface area contributed by atoms with Crippen LogP contribution in [0.5, 0.6) is 0 Å². The average Bonchev–Trinajstić information content (AvgIpc) is 2.11. The van der Waals surface area contributed by atoms with E-state index in [9.17, 15) is 0 Å². The highest BCUT2D eigenvalue weighted by atomic mass is 16.5. The first-order valence-corrected chi connectivity index (χ1v) is 3.78. The van der Waals surface area contributed by atoms with E-state index in [1.54, 1.807) is 0 Å². The Morgan fingerprint density at radius 1 is 1.33 bits per heavy atom. The summed E-state index contributed by atoms with van der Waals surface area (Å²) in [6.45, 7) is 4.60. The third kappa shape index (κ3) is 0.970. The summed E-state index contributed by atoms with van der Waals surface area (Å²) in [6, 6.07) is 0.777. The molecular formula is C7H13NO. The number of nitrogens with zero attached hydrogens (tertiary/aromatic N) is 1. The molecule has 0 aromatic heterocycles. The molecule has 0 amide bonds. The van der Waals surface area contributed by atoms with Gasteiger partial charge in [-0.05, 0) is 25.9 Å². The molecule has 0 aromatic carbocycles. The Bertz CT molecular complexity index is 95.1. The SMILES string of the molecule is C1CN(C2CCOC2)C1. The molecule has 52 valence electrons. The Kier molecular flexibility index (Phi) is 1.44. The molecule has 0 saturated carbocycles. The lowest BCUT2D eigenvalue weighted by Gasteiger charge is -2.35. The molecule has 0 aliphatic carbocycles. The molecule has 1 atom stereocenters. The number of likely N-dealkylation sites (tertiary alicyclic amines) is 1. The molecule has 1 unspecified atom stereocenters. The zero-order valence-corrected chi connectivity index (χ0v) is 5.68. The van der Waals surface area contributed by atoms with Gasteiger partial charge < -0.3 is 4.74 Å². The van der Waals surface area contributed by atoms with Crippen molar-refractivity contribution in [1.29, 1.82) is 0 Å². The second-order valence-electron chi connectivity index (χ2n) is 2.91. The molecule has 9 heavy (non-hydrogen) atoms. The zero-order chi connectivity index (χ0) is 6.10. The van der Waals surface area contributed by atoms with E-state index in [0.717, 1.165) is 19.3 Å². The second-order valence-corrected chi connectivity index (χ2v) is 2.91. The van der Waals surface area contributed by atoms with E-state index in [1.165, 1.54) is 25.9 Å². The lowest BCUT2D eigenvalue weighted by atomic mass is 10.1. The molecule has 2 aliphatic heterocycles. The fourth-order valence-corrected chi connectivity index (χ4v) is 1.52. The maximum Gasteiger partial charge on any atom is 0.0622 e. The number of hydrogen-bond donors (Lipinski definition) is 0. The van der Waals surface area contributed by atoms with Crippen molar-refractivity contribution in [3.63, 3.8) is 0 Å². The third-order valence-corrected chi connectivity index (χ3v) is 2.31. The van der Waals surface area contributed by atoms with E-state index in [-0.39, 0.29) is 0 Å². The van der Waals surface area contributed by atoms with Gasteiger partial charge in [-0.15, -0.1) is 0 Å². The molecule has 2 heteroatoms. The van der Waals surface area contributed by atoms with Crippen LogP contribution in [0.15, 0.2) is 0 Å². The predicted octanol–water partition coefficient (Wildman–Crippen LogP) is 0.481. The maximum absolute atomic E-state index is 5.27. The first-order valence-electron chi connectivity index (χ1n) is 3.78. The summed E-state index contributed by atoms with van der Waals surface area (Å²) in [5, 5.41) is 0. The number of ether oxygens (including phenoxy) is 1. The summed E-state index contributed by atoms with van der Waals surface area (Å²) >= 11 is 0. The van der Waals surface area contributed by atoms with Crippen molar-refractivity contribution in [1.82, 2.24) is 4.90 Å². The lowest BCUT2D eigenvalue weighted by Crippen LogP contribution is -2.45. The Hall–Kier alpha value is -0.0800. The van der Waals surface area contributed by atoms with Crippen LogP contribution in [0.4, 0.5) is 0 Å². The fourth-order valence-electron chi connectivity index (χ4n) is 1.52. The van der Waals surface area contributed by atoms with Crippen LogP contribution in [0, 0.1) is 0 Å². The van der Waals surface area contributed by atoms with Gasteiger partial charge in [0, 0.05) is 12.6 Å². The molecule has 2 rings (SSSR count). The average molecular weight is 127 g/mol. The van der Waals surface area contributed by atoms with Gasteiger partial charge in [-0.2, -0.15) is 0 Å². The minimum atomic E-state index is 0.777. The van der Waals surface area contributed by atoms with Crippen molar-refractivity contribution in [2.24, 2.45) is 0 Å². The Morgan fingerprint density at radius 2 is 2.22 bits per heavy atom. The second kappa shape index (κ2) is 2.27. The van der Waals surface area contributed by atoms with Gasteiger partial charge in [0.15, 0.2) is 0 Å². The van der Waals surface area contributed by atoms with Gasteiger partial charge in [-0.3, -0.25) is 4.90 Å². The van der Waals surface area contributed by atoms with E-state index >= 15 is 0 Å². The Labute approximate surface area is 55.8 Å². The van der Waals surface area contributed by atoms with Gasteiger partial charge in [0.2, 0.25) is 0 Å². The zero-order valence-electron chi connectivity index (χ0n) is 5.68. The monoisotopic (exact) mass is 127 g/mol. The van der Waals surface area contributed by atoms with Crippen LogP contribution < -0.4 is 0 Å². The largest absolute Gasteiger partial charge is 0.380 e. The van der Waals surface area contributed by atoms with Crippen LogP contribution in [-0.2, 0) is 4.74 Å². The van der Waals surface area contributed by atoms with Crippen LogP contribution >= 0.6 is 0 Å². The molecule has 0 aromatic rings. The minimum Gasteiger partial charge on any atom is -0.380 e. The van der Waals surface area contributed by atoms with Gasteiger partial charge in [0.1, 0.15) is 0 Å². The first kappa shape index (κ1) is 5.69. The van der Waals surface area contributed by atoms with Crippen LogP contribution in [0.25, 0.3) is 0 Å². The van der Waals surface area contributed by atoms with E-state index in [0.29, 0.717) is 0 Å². The molecule has 2 aliphatic rings. The molecule has 2 nitrogen and oxygen atoms in total. The predicted molar refractivity (Wildman–Crippen MR) is 35.4 cm³/mol. The highest BCUT2D eigenvalue weighted by molar-refractivity contribution is 4.80. The highest BCUT2D eigenvalue weighted by Crippen LogP contribution is 2.17. The number of hydrogen-bond acceptors (Lipinski definition) is 2. The van der Waals surface area contributed by atoms with Gasteiger partial charge in [-0.25, -0.2) is 0 Å². The summed E-state index contributed by atoms with van der Waals surface area (Å²) in [5.74, 6) is 0. The molecular weight excluding hydrogens is 114 g/mol. The summed E-state index contributed by atoms with van der Waals surface area (Å²) in [6.07, 6.45) is 2.66. The van der Waals surface area contributed by atoms with Gasteiger partial charge in [0.25, 0.3) is 0 Å². The van der Waals surface area contributed by atoms with E-state index in [1.807, 2.05) is 0 Å². The van der Waals surface area contributed by atoms with Crippen LogP contribution in [-0.4, -0.2) is 37.2 Å². The van der Waals surface area contributed by atoms with E-state index in [2.05, 4.69) is 4.90 Å². The summed E-state index contributed by atoms with van der Waals surface area (Å²) in [5.41, 5.74) is 0. The Morgan fingerprint density at radius 3 is 2.67 bits per heavy atom. The molecule has 0 N–H and O–H groups in total. The van der Waals surface area contributed by atoms with Crippen LogP contribution in [0.3, 0.4) is 0 Å². The summed E-state index contributed by atoms with van der Waals surface area (Å²) in [7, 11) is 0. The van der Waals surface area contributed by atoms with Crippen molar-refractivity contribution in [2.75, 3.05) is 26.3 Å². The standard InChI is InChI=1S/C7H13NO/c1-3-8(4-1)7-2-5-9-6-7/h7H,1-6H2. The van der Waals surface area contributed by atoms with Crippen molar-refractivity contribution in [3.05, 3.63) is 0 Å². The normalized spacial score (nSPS) is 36.7. The van der Waals surface area contributed by atoms with Gasteiger partial charge >= 0.3 is 0 Å². The first-order chi connectivity index (χ1) is 4.47. The van der Waals surface area contributed by atoms with Crippen molar-refractivity contribution >= 4 is 0 Å². The van der Waals surface area contributed by atoms with Crippen molar-refractivity contribution in [2.45, 2.75) is 18.9 Å². The van der Waals surface area contributed by atoms with Gasteiger partial charge in [0.05, 0.1) is 6.61 Å². The van der Waals surface area contributed by atoms with Crippen LogP contribution in [0.2, 0.25) is 0 Å². The van der Waals surface area contributed by atoms with Crippen LogP contribution in [0.1, 0.15) is 12.8 Å². The maximum atomic E-state index is 5.27. The quantitative estimate of drug-likeness (QED) is 0.508. The third-order valence-electron chi connectivity index (χ3n) is 2.31. The molecule has 2 saturated heterocycles. The molecule has 2 heterocycles. The smallest absolute Gasteiger partial charge is 0.0622 e. The van der Waals surface area contributed by atoms with E-state index in [4.69, 9.17) is 4.74 Å². The number of rotatable bonds is 1. The summed E-state index contributed by atoms with van der Waals surface area (Å²) in [4.78, 5) is 2.52. The lowest BCUT2D eigenvalue weighted by molar-refractivity contribution is 0.0975.